The van der Waals surface area contributed by atoms with Gasteiger partial charge in [0, 0.05) is 6.20 Å². The molecule has 1 aliphatic rings. The van der Waals surface area contributed by atoms with Gasteiger partial charge in [-0.25, -0.2) is 9.37 Å². The van der Waals surface area contributed by atoms with Crippen molar-refractivity contribution in [3.8, 4) is 5.88 Å². The third-order valence-corrected chi connectivity index (χ3v) is 5.17. The van der Waals surface area contributed by atoms with Gasteiger partial charge in [0.25, 0.3) is 0 Å². The number of fused-ring (bicyclic) bond motifs is 1. The highest BCUT2D eigenvalue weighted by Gasteiger charge is 2.33. The Balaban J connectivity index is 1.64. The number of amides is 1. The summed E-state index contributed by atoms with van der Waals surface area (Å²) in [5.41, 5.74) is 3.61. The quantitative estimate of drug-likeness (QED) is 0.586. The van der Waals surface area contributed by atoms with Crippen LogP contribution < -0.4 is 9.64 Å². The summed E-state index contributed by atoms with van der Waals surface area (Å²) in [6.45, 7) is 0.356. The maximum absolute atomic E-state index is 13.2. The van der Waals surface area contributed by atoms with E-state index in [2.05, 4.69) is 4.98 Å². The van der Waals surface area contributed by atoms with E-state index in [-0.39, 0.29) is 23.6 Å². The van der Waals surface area contributed by atoms with Crippen molar-refractivity contribution in [2.24, 2.45) is 0 Å². The van der Waals surface area contributed by atoms with Crippen LogP contribution in [0.15, 0.2) is 66.9 Å². The first-order valence-electron chi connectivity index (χ1n) is 9.42. The van der Waals surface area contributed by atoms with Crippen molar-refractivity contribution >= 4 is 23.2 Å². The zero-order valence-electron chi connectivity index (χ0n) is 15.7. The molecular weight excluding hydrogens is 391 g/mol. The smallest absolute Gasteiger partial charge is 0.242 e. The number of benzene rings is 2. The fraction of sp³-hybridized carbons (Fsp3) is 0.217. The lowest BCUT2D eigenvalue weighted by atomic mass is 10.0. The summed E-state index contributed by atoms with van der Waals surface area (Å²) in [6, 6.07) is 18.1. The van der Waals surface area contributed by atoms with Gasteiger partial charge in [-0.15, -0.1) is 11.6 Å². The first-order chi connectivity index (χ1) is 14.1. The van der Waals surface area contributed by atoms with Crippen LogP contribution in [0, 0.1) is 5.82 Å². The maximum atomic E-state index is 13.2. The van der Waals surface area contributed by atoms with Crippen LogP contribution in [0.3, 0.4) is 0 Å². The minimum atomic E-state index is -0.270. The SMILES string of the molecule is O=C(CCl)N1c2cc(Cc3ccc(F)cc3)cnc2OCC1Cc1ccccc1. The molecule has 4 rings (SSSR count). The minimum Gasteiger partial charge on any atom is -0.474 e. The van der Waals surface area contributed by atoms with Crippen molar-refractivity contribution in [1.82, 2.24) is 4.98 Å². The number of hydrogen-bond acceptors (Lipinski definition) is 3. The minimum absolute atomic E-state index is 0.118. The van der Waals surface area contributed by atoms with Crippen molar-refractivity contribution in [3.63, 3.8) is 0 Å². The van der Waals surface area contributed by atoms with Gasteiger partial charge >= 0.3 is 0 Å². The average molecular weight is 411 g/mol. The number of carbonyl (C=O) groups excluding carboxylic acids is 1. The van der Waals surface area contributed by atoms with Gasteiger partial charge in [-0.3, -0.25) is 9.69 Å². The summed E-state index contributed by atoms with van der Waals surface area (Å²) in [4.78, 5) is 18.8. The van der Waals surface area contributed by atoms with Crippen molar-refractivity contribution in [2.45, 2.75) is 18.9 Å². The van der Waals surface area contributed by atoms with Crippen LogP contribution in [0.5, 0.6) is 5.88 Å². The highest BCUT2D eigenvalue weighted by molar-refractivity contribution is 6.29. The van der Waals surface area contributed by atoms with Gasteiger partial charge in [-0.05, 0) is 47.7 Å². The van der Waals surface area contributed by atoms with Gasteiger partial charge in [0.15, 0.2) is 0 Å². The Hall–Kier alpha value is -2.92. The van der Waals surface area contributed by atoms with Crippen LogP contribution in [0.1, 0.15) is 16.7 Å². The molecule has 1 aliphatic heterocycles. The number of nitrogens with zero attached hydrogens (tertiary/aromatic N) is 2. The number of ether oxygens (including phenoxy) is 1. The van der Waals surface area contributed by atoms with Crippen molar-refractivity contribution in [3.05, 3.63) is 89.4 Å². The topological polar surface area (TPSA) is 42.4 Å². The lowest BCUT2D eigenvalue weighted by molar-refractivity contribution is -0.117. The molecule has 1 unspecified atom stereocenters. The predicted octanol–water partition coefficient (Wildman–Crippen LogP) is 4.39. The molecule has 1 amide bonds. The van der Waals surface area contributed by atoms with Crippen LogP contribution in [-0.4, -0.2) is 29.4 Å². The number of rotatable bonds is 5. The molecule has 0 aliphatic carbocycles. The second-order valence-corrected chi connectivity index (χ2v) is 7.29. The summed E-state index contributed by atoms with van der Waals surface area (Å²) in [5.74, 6) is -0.144. The summed E-state index contributed by atoms with van der Waals surface area (Å²) < 4.78 is 19.0. The number of alkyl halides is 1. The lowest BCUT2D eigenvalue weighted by Gasteiger charge is -2.36. The first-order valence-corrected chi connectivity index (χ1v) is 9.95. The molecule has 2 heterocycles. The van der Waals surface area contributed by atoms with Crippen LogP contribution >= 0.6 is 11.6 Å². The number of carbonyl (C=O) groups is 1. The molecule has 1 aromatic heterocycles. The standard InChI is InChI=1S/C23H20ClFN2O2/c24-13-22(28)27-20(11-16-4-2-1-3-5-16)15-29-23-21(27)12-18(14-26-23)10-17-6-8-19(25)9-7-17/h1-9,12,14,20H,10-11,13,15H2. The Labute approximate surface area is 173 Å². The molecule has 2 aromatic carbocycles. The van der Waals surface area contributed by atoms with E-state index < -0.39 is 0 Å². The monoisotopic (exact) mass is 410 g/mol. The van der Waals surface area contributed by atoms with E-state index in [4.69, 9.17) is 16.3 Å². The molecule has 0 spiro atoms. The molecule has 3 aromatic rings. The van der Waals surface area contributed by atoms with Crippen LogP contribution in [0.4, 0.5) is 10.1 Å². The number of aromatic nitrogens is 1. The number of anilines is 1. The molecular formula is C23H20ClFN2O2. The van der Waals surface area contributed by atoms with Crippen molar-refractivity contribution in [2.75, 3.05) is 17.4 Å². The molecule has 0 bridgehead atoms. The zero-order chi connectivity index (χ0) is 20.2. The number of pyridine rings is 1. The molecule has 0 saturated carbocycles. The van der Waals surface area contributed by atoms with Crippen LogP contribution in [-0.2, 0) is 17.6 Å². The highest BCUT2D eigenvalue weighted by atomic mass is 35.5. The second kappa shape index (κ2) is 8.62. The molecule has 0 N–H and O–H groups in total. The summed E-state index contributed by atoms with van der Waals surface area (Å²) in [6.07, 6.45) is 2.96. The Kier molecular flexibility index (Phi) is 5.76. The van der Waals surface area contributed by atoms with Gasteiger partial charge in [-0.2, -0.15) is 0 Å². The summed E-state index contributed by atoms with van der Waals surface area (Å²) in [5, 5.41) is 0. The first kappa shape index (κ1) is 19.4. The third kappa shape index (κ3) is 4.40. The van der Waals surface area contributed by atoms with E-state index in [1.807, 2.05) is 36.4 Å². The molecule has 0 saturated heterocycles. The highest BCUT2D eigenvalue weighted by Crippen LogP contribution is 2.34. The van der Waals surface area contributed by atoms with Gasteiger partial charge in [-0.1, -0.05) is 42.5 Å². The average Bonchev–Trinajstić information content (AvgIpc) is 2.75. The Morgan fingerprint density at radius 2 is 1.86 bits per heavy atom. The van der Waals surface area contributed by atoms with Gasteiger partial charge in [0.05, 0.1) is 6.04 Å². The molecule has 0 fully saturated rings. The predicted molar refractivity (Wildman–Crippen MR) is 111 cm³/mol. The fourth-order valence-corrected chi connectivity index (χ4v) is 3.71. The lowest BCUT2D eigenvalue weighted by Crippen LogP contribution is -2.48. The largest absolute Gasteiger partial charge is 0.474 e. The normalized spacial score (nSPS) is 15.5. The number of halogens is 2. The molecule has 148 valence electrons. The zero-order valence-corrected chi connectivity index (χ0v) is 16.5. The molecule has 6 heteroatoms. The Morgan fingerprint density at radius 3 is 2.59 bits per heavy atom. The molecule has 4 nitrogen and oxygen atoms in total. The Morgan fingerprint density at radius 1 is 1.10 bits per heavy atom. The van der Waals surface area contributed by atoms with E-state index in [1.54, 1.807) is 23.2 Å². The van der Waals surface area contributed by atoms with Crippen LogP contribution in [0.2, 0.25) is 0 Å². The third-order valence-electron chi connectivity index (χ3n) is 4.94. The van der Waals surface area contributed by atoms with E-state index >= 15 is 0 Å². The molecule has 1 atom stereocenters. The number of hydrogen-bond donors (Lipinski definition) is 0. The molecule has 29 heavy (non-hydrogen) atoms. The Bertz CT molecular complexity index is 996. The van der Waals surface area contributed by atoms with E-state index in [0.29, 0.717) is 31.0 Å². The van der Waals surface area contributed by atoms with Crippen molar-refractivity contribution in [1.29, 1.82) is 0 Å². The fourth-order valence-electron chi connectivity index (χ4n) is 3.59. The summed E-state index contributed by atoms with van der Waals surface area (Å²) in [7, 11) is 0. The van der Waals surface area contributed by atoms with Crippen molar-refractivity contribution < 1.29 is 13.9 Å². The van der Waals surface area contributed by atoms with Gasteiger partial charge in [0.2, 0.25) is 11.8 Å². The summed E-state index contributed by atoms with van der Waals surface area (Å²) >= 11 is 5.92. The van der Waals surface area contributed by atoms with E-state index in [1.165, 1.54) is 12.1 Å². The van der Waals surface area contributed by atoms with E-state index in [9.17, 15) is 9.18 Å². The maximum Gasteiger partial charge on any atom is 0.242 e. The van der Waals surface area contributed by atoms with Gasteiger partial charge in [0.1, 0.15) is 24.0 Å². The van der Waals surface area contributed by atoms with E-state index in [0.717, 1.165) is 16.7 Å². The molecule has 0 radical (unpaired) electrons. The van der Waals surface area contributed by atoms with Crippen LogP contribution in [0.25, 0.3) is 0 Å². The van der Waals surface area contributed by atoms with Gasteiger partial charge < -0.3 is 4.74 Å². The second-order valence-electron chi connectivity index (χ2n) is 7.02.